The van der Waals surface area contributed by atoms with Crippen molar-refractivity contribution in [3.8, 4) is 0 Å². The van der Waals surface area contributed by atoms with Gasteiger partial charge in [-0.2, -0.15) is 10.2 Å². The van der Waals surface area contributed by atoms with Crippen LogP contribution in [0.4, 0.5) is 0 Å². The van der Waals surface area contributed by atoms with Crippen LogP contribution in [0.1, 0.15) is 67.2 Å². The summed E-state index contributed by atoms with van der Waals surface area (Å²) in [5.41, 5.74) is 0.0944. The maximum absolute atomic E-state index is 4.53. The molecule has 2 heteroatoms. The molecule has 0 aliphatic heterocycles. The fraction of sp³-hybridized carbons (Fsp3) is 1.00. The molecule has 0 saturated heterocycles. The van der Waals surface area contributed by atoms with E-state index < -0.39 is 0 Å². The smallest absolute Gasteiger partial charge is 0.0783 e. The maximum atomic E-state index is 4.53. The Morgan fingerprint density at radius 3 is 1.00 bits per heavy atom. The first-order valence-corrected chi connectivity index (χ1v) is 5.89. The van der Waals surface area contributed by atoms with Gasteiger partial charge in [-0.25, -0.2) is 0 Å². The molecular weight excluding hydrogens is 172 g/mol. The Morgan fingerprint density at radius 1 is 0.643 bits per heavy atom. The normalized spacial score (nSPS) is 13.9. The van der Waals surface area contributed by atoms with Gasteiger partial charge in [0.25, 0.3) is 0 Å². The Morgan fingerprint density at radius 2 is 0.857 bits per heavy atom. The minimum absolute atomic E-state index is 0.0472. The van der Waals surface area contributed by atoms with Gasteiger partial charge in [0.05, 0.1) is 11.1 Å². The van der Waals surface area contributed by atoms with E-state index in [0.29, 0.717) is 0 Å². The summed E-state index contributed by atoms with van der Waals surface area (Å²) >= 11 is 0. The van der Waals surface area contributed by atoms with Gasteiger partial charge in [-0.1, -0.05) is 27.7 Å². The van der Waals surface area contributed by atoms with E-state index in [1.807, 2.05) is 0 Å². The minimum Gasteiger partial charge on any atom is -0.187 e. The second-order valence-electron chi connectivity index (χ2n) is 4.61. The van der Waals surface area contributed by atoms with Crippen LogP contribution in [-0.2, 0) is 0 Å². The molecule has 0 unspecified atom stereocenters. The van der Waals surface area contributed by atoms with Crippen molar-refractivity contribution in [3.05, 3.63) is 0 Å². The fourth-order valence-corrected chi connectivity index (χ4v) is 1.02. The zero-order valence-electron chi connectivity index (χ0n) is 10.7. The monoisotopic (exact) mass is 198 g/mol. The molecule has 0 radical (unpaired) electrons. The molecule has 84 valence electrons. The lowest BCUT2D eigenvalue weighted by molar-refractivity contribution is 0.352. The third-order valence-corrected chi connectivity index (χ3v) is 3.58. The molecule has 0 rings (SSSR count). The van der Waals surface area contributed by atoms with Gasteiger partial charge in [0, 0.05) is 0 Å². The molecule has 0 heterocycles. The zero-order chi connectivity index (χ0) is 11.2. The van der Waals surface area contributed by atoms with Gasteiger partial charge in [-0.15, -0.1) is 0 Å². The highest BCUT2D eigenvalue weighted by atomic mass is 15.2. The number of rotatable bonds is 6. The Hall–Kier alpha value is -0.400. The van der Waals surface area contributed by atoms with E-state index >= 15 is 0 Å². The van der Waals surface area contributed by atoms with E-state index in [2.05, 4.69) is 51.8 Å². The summed E-state index contributed by atoms with van der Waals surface area (Å²) in [6.07, 6.45) is 4.26. The van der Waals surface area contributed by atoms with Crippen molar-refractivity contribution in [2.45, 2.75) is 78.3 Å². The molecule has 0 aromatic carbocycles. The fourth-order valence-electron chi connectivity index (χ4n) is 1.02. The average Bonchev–Trinajstić information content (AvgIpc) is 2.25. The Balaban J connectivity index is 4.54. The largest absolute Gasteiger partial charge is 0.187 e. The molecular formula is C12H26N2. The van der Waals surface area contributed by atoms with E-state index in [1.54, 1.807) is 0 Å². The van der Waals surface area contributed by atoms with Gasteiger partial charge >= 0.3 is 0 Å². The summed E-state index contributed by atoms with van der Waals surface area (Å²) in [6, 6.07) is 0. The van der Waals surface area contributed by atoms with Gasteiger partial charge in [0.2, 0.25) is 0 Å². The van der Waals surface area contributed by atoms with Crippen LogP contribution in [0.5, 0.6) is 0 Å². The second kappa shape index (κ2) is 5.47. The second-order valence-corrected chi connectivity index (χ2v) is 4.61. The van der Waals surface area contributed by atoms with Crippen molar-refractivity contribution < 1.29 is 0 Å². The first kappa shape index (κ1) is 13.6. The average molecular weight is 198 g/mol. The lowest BCUT2D eigenvalue weighted by atomic mass is 9.95. The summed E-state index contributed by atoms with van der Waals surface area (Å²) in [5.74, 6) is 0. The number of hydrogen-bond acceptors (Lipinski definition) is 2. The summed E-state index contributed by atoms with van der Waals surface area (Å²) < 4.78 is 0. The molecule has 0 spiro atoms. The lowest BCUT2D eigenvalue weighted by Gasteiger charge is -2.25. The van der Waals surface area contributed by atoms with Gasteiger partial charge < -0.3 is 0 Å². The first-order valence-electron chi connectivity index (χ1n) is 5.89. The minimum atomic E-state index is 0.0472. The third kappa shape index (κ3) is 3.77. The summed E-state index contributed by atoms with van der Waals surface area (Å²) in [4.78, 5) is 0. The van der Waals surface area contributed by atoms with Crippen LogP contribution in [0.25, 0.3) is 0 Å². The topological polar surface area (TPSA) is 24.7 Å². The van der Waals surface area contributed by atoms with Crippen molar-refractivity contribution in [2.75, 3.05) is 0 Å². The molecule has 0 bridgehead atoms. The van der Waals surface area contributed by atoms with Crippen LogP contribution < -0.4 is 0 Å². The molecule has 0 N–H and O–H groups in total. The highest BCUT2D eigenvalue weighted by Gasteiger charge is 2.23. The van der Waals surface area contributed by atoms with Crippen LogP contribution in [0.15, 0.2) is 10.2 Å². The highest BCUT2D eigenvalue weighted by Crippen LogP contribution is 2.25. The Labute approximate surface area is 89.2 Å². The predicted molar refractivity (Wildman–Crippen MR) is 62.8 cm³/mol. The van der Waals surface area contributed by atoms with E-state index in [0.717, 1.165) is 25.7 Å². The van der Waals surface area contributed by atoms with E-state index in [1.165, 1.54) is 0 Å². The van der Waals surface area contributed by atoms with Crippen LogP contribution >= 0.6 is 0 Å². The highest BCUT2D eigenvalue weighted by molar-refractivity contribution is 4.83. The van der Waals surface area contributed by atoms with Gasteiger partial charge in [-0.3, -0.25) is 0 Å². The van der Waals surface area contributed by atoms with E-state index in [9.17, 15) is 0 Å². The quantitative estimate of drug-likeness (QED) is 0.557. The summed E-state index contributed by atoms with van der Waals surface area (Å²) in [7, 11) is 0. The van der Waals surface area contributed by atoms with Crippen molar-refractivity contribution in [1.29, 1.82) is 0 Å². The van der Waals surface area contributed by atoms with Crippen LogP contribution in [0.3, 0.4) is 0 Å². The van der Waals surface area contributed by atoms with Crippen molar-refractivity contribution in [2.24, 2.45) is 10.2 Å². The third-order valence-electron chi connectivity index (χ3n) is 3.58. The van der Waals surface area contributed by atoms with Crippen LogP contribution in [-0.4, -0.2) is 11.1 Å². The molecule has 0 aromatic heterocycles. The Kier molecular flexibility index (Phi) is 5.32. The van der Waals surface area contributed by atoms with Gasteiger partial charge in [0.15, 0.2) is 0 Å². The maximum Gasteiger partial charge on any atom is 0.0783 e. The lowest BCUT2D eigenvalue weighted by Crippen LogP contribution is -2.23. The zero-order valence-corrected chi connectivity index (χ0v) is 10.7. The number of hydrogen-bond donors (Lipinski definition) is 0. The molecule has 0 amide bonds. The number of azo groups is 1. The van der Waals surface area contributed by atoms with Crippen LogP contribution in [0.2, 0.25) is 0 Å². The molecule has 0 aromatic rings. The van der Waals surface area contributed by atoms with Crippen molar-refractivity contribution in [1.82, 2.24) is 0 Å². The van der Waals surface area contributed by atoms with Gasteiger partial charge in [-0.05, 0) is 39.5 Å². The molecule has 0 aliphatic carbocycles. The van der Waals surface area contributed by atoms with Crippen molar-refractivity contribution in [3.63, 3.8) is 0 Å². The van der Waals surface area contributed by atoms with Crippen molar-refractivity contribution >= 4 is 0 Å². The Bertz CT molecular complexity index is 157. The van der Waals surface area contributed by atoms with Gasteiger partial charge in [0.1, 0.15) is 0 Å². The first-order chi connectivity index (χ1) is 6.45. The molecule has 0 aliphatic rings. The predicted octanol–water partition coefficient (Wildman–Crippen LogP) is 4.60. The van der Waals surface area contributed by atoms with Crippen LogP contribution in [0, 0.1) is 0 Å². The number of nitrogens with zero attached hydrogens (tertiary/aromatic N) is 2. The SMILES string of the molecule is CCC(C)(CC)N=NC(C)(CC)CC. The summed E-state index contributed by atoms with van der Waals surface area (Å²) in [5, 5.41) is 9.06. The standard InChI is InChI=1S/C12H26N2/c1-7-11(5,8-2)13-14-12(6,9-3)10-4/h7-10H2,1-6H3. The van der Waals surface area contributed by atoms with E-state index in [4.69, 9.17) is 0 Å². The summed E-state index contributed by atoms with van der Waals surface area (Å²) in [6.45, 7) is 13.1. The molecule has 14 heavy (non-hydrogen) atoms. The molecule has 0 fully saturated rings. The molecule has 0 saturated carbocycles. The molecule has 2 nitrogen and oxygen atoms in total. The molecule has 0 atom stereocenters. The van der Waals surface area contributed by atoms with E-state index in [-0.39, 0.29) is 11.1 Å².